The number of carboxylic acids is 1. The maximum absolute atomic E-state index is 12.2. The topological polar surface area (TPSA) is 75.6 Å². The fraction of sp³-hybridized carbons (Fsp3) is 0.300. The van der Waals surface area contributed by atoms with Crippen LogP contribution in [0, 0.1) is 18.8 Å². The summed E-state index contributed by atoms with van der Waals surface area (Å²) in [4.78, 5) is 23.3. The lowest BCUT2D eigenvalue weighted by molar-refractivity contribution is -0.151. The van der Waals surface area contributed by atoms with E-state index in [1.54, 1.807) is 18.2 Å². The summed E-state index contributed by atoms with van der Waals surface area (Å²) in [7, 11) is 0. The van der Waals surface area contributed by atoms with Crippen LogP contribution in [0.4, 0.5) is 5.69 Å². The Hall–Kier alpha value is -2.82. The fourth-order valence-electron chi connectivity index (χ4n) is 2.94. The number of aliphatic carboxylic acids is 1. The molecule has 0 spiro atoms. The largest absolute Gasteiger partial charge is 0.489 e. The number of nitrogens with one attached hydrogen (secondary N) is 1. The van der Waals surface area contributed by atoms with Gasteiger partial charge >= 0.3 is 5.97 Å². The Morgan fingerprint density at radius 3 is 2.56 bits per heavy atom. The predicted octanol–water partition coefficient (Wildman–Crippen LogP) is 3.62. The molecule has 5 nitrogen and oxygen atoms in total. The molecule has 0 heterocycles. The van der Waals surface area contributed by atoms with Crippen molar-refractivity contribution in [1.29, 1.82) is 0 Å². The Balaban J connectivity index is 1.61. The summed E-state index contributed by atoms with van der Waals surface area (Å²) in [6, 6.07) is 15.2. The van der Waals surface area contributed by atoms with Gasteiger partial charge < -0.3 is 15.2 Å². The molecule has 1 amide bonds. The van der Waals surface area contributed by atoms with Gasteiger partial charge in [0.15, 0.2) is 0 Å². The van der Waals surface area contributed by atoms with Crippen molar-refractivity contribution in [3.63, 3.8) is 0 Å². The average molecular weight is 339 g/mol. The van der Waals surface area contributed by atoms with Crippen LogP contribution >= 0.6 is 0 Å². The van der Waals surface area contributed by atoms with Gasteiger partial charge in [-0.1, -0.05) is 30.3 Å². The zero-order valence-corrected chi connectivity index (χ0v) is 14.1. The third-order valence-electron chi connectivity index (χ3n) is 4.69. The van der Waals surface area contributed by atoms with Crippen molar-refractivity contribution < 1.29 is 19.4 Å². The SMILES string of the molecule is Cc1ccccc1COc1cccc(NC(=O)C2CCC2C(=O)O)c1. The Morgan fingerprint density at radius 1 is 1.12 bits per heavy atom. The summed E-state index contributed by atoms with van der Waals surface area (Å²) < 4.78 is 5.81. The summed E-state index contributed by atoms with van der Waals surface area (Å²) >= 11 is 0. The molecule has 1 saturated carbocycles. The fourth-order valence-corrected chi connectivity index (χ4v) is 2.94. The minimum Gasteiger partial charge on any atom is -0.489 e. The number of rotatable bonds is 6. The van der Waals surface area contributed by atoms with Crippen LogP contribution in [-0.4, -0.2) is 17.0 Å². The minimum atomic E-state index is -0.901. The van der Waals surface area contributed by atoms with Gasteiger partial charge in [0.05, 0.1) is 11.8 Å². The molecule has 2 aromatic carbocycles. The van der Waals surface area contributed by atoms with E-state index in [0.717, 1.165) is 11.1 Å². The second-order valence-electron chi connectivity index (χ2n) is 6.36. The normalized spacial score (nSPS) is 18.9. The highest BCUT2D eigenvalue weighted by molar-refractivity contribution is 5.96. The third kappa shape index (κ3) is 3.99. The molecular weight excluding hydrogens is 318 g/mol. The first-order valence-corrected chi connectivity index (χ1v) is 8.35. The van der Waals surface area contributed by atoms with Crippen LogP contribution in [0.25, 0.3) is 0 Å². The van der Waals surface area contributed by atoms with Crippen LogP contribution in [0.5, 0.6) is 5.75 Å². The van der Waals surface area contributed by atoms with Gasteiger partial charge in [-0.2, -0.15) is 0 Å². The monoisotopic (exact) mass is 339 g/mol. The van der Waals surface area contributed by atoms with Crippen molar-refractivity contribution in [3.05, 3.63) is 59.7 Å². The number of aryl methyl sites for hydroxylation is 1. The minimum absolute atomic E-state index is 0.241. The van der Waals surface area contributed by atoms with Crippen LogP contribution in [0.15, 0.2) is 48.5 Å². The van der Waals surface area contributed by atoms with E-state index in [-0.39, 0.29) is 5.91 Å². The van der Waals surface area contributed by atoms with E-state index in [9.17, 15) is 9.59 Å². The number of amides is 1. The first-order chi connectivity index (χ1) is 12.0. The average Bonchev–Trinajstić information content (AvgIpc) is 2.53. The molecular formula is C20H21NO4. The van der Waals surface area contributed by atoms with E-state index in [4.69, 9.17) is 9.84 Å². The van der Waals surface area contributed by atoms with Crippen LogP contribution in [0.2, 0.25) is 0 Å². The van der Waals surface area contributed by atoms with E-state index >= 15 is 0 Å². The van der Waals surface area contributed by atoms with E-state index < -0.39 is 17.8 Å². The molecule has 5 heteroatoms. The van der Waals surface area contributed by atoms with Gasteiger partial charge in [0, 0.05) is 11.8 Å². The predicted molar refractivity (Wildman–Crippen MR) is 94.4 cm³/mol. The molecule has 2 atom stereocenters. The van der Waals surface area contributed by atoms with Crippen molar-refractivity contribution in [2.45, 2.75) is 26.4 Å². The van der Waals surface area contributed by atoms with Crippen molar-refractivity contribution in [3.8, 4) is 5.75 Å². The van der Waals surface area contributed by atoms with Gasteiger partial charge in [-0.3, -0.25) is 9.59 Å². The van der Waals surface area contributed by atoms with Crippen LogP contribution in [0.1, 0.15) is 24.0 Å². The van der Waals surface area contributed by atoms with E-state index in [0.29, 0.717) is 30.9 Å². The molecule has 0 saturated heterocycles. The van der Waals surface area contributed by atoms with Gasteiger partial charge in [-0.25, -0.2) is 0 Å². The Kier molecular flexibility index (Phi) is 5.03. The summed E-state index contributed by atoms with van der Waals surface area (Å²) in [5.74, 6) is -1.50. The lowest BCUT2D eigenvalue weighted by atomic mass is 9.73. The number of carbonyl (C=O) groups is 2. The van der Waals surface area contributed by atoms with Gasteiger partial charge in [-0.15, -0.1) is 0 Å². The highest BCUT2D eigenvalue weighted by atomic mass is 16.5. The first kappa shape index (κ1) is 17.0. The molecule has 0 aliphatic heterocycles. The van der Waals surface area contributed by atoms with Gasteiger partial charge in [0.2, 0.25) is 5.91 Å². The molecule has 2 aromatic rings. The molecule has 3 rings (SSSR count). The Labute approximate surface area is 146 Å². The number of hydrogen-bond donors (Lipinski definition) is 2. The number of carbonyl (C=O) groups excluding carboxylic acids is 1. The lowest BCUT2D eigenvalue weighted by Gasteiger charge is -2.31. The van der Waals surface area contributed by atoms with Gasteiger partial charge in [0.25, 0.3) is 0 Å². The van der Waals surface area contributed by atoms with Crippen LogP contribution in [-0.2, 0) is 16.2 Å². The summed E-state index contributed by atoms with van der Waals surface area (Å²) in [6.45, 7) is 2.49. The molecule has 1 fully saturated rings. The molecule has 0 bridgehead atoms. The molecule has 1 aliphatic carbocycles. The molecule has 130 valence electrons. The van der Waals surface area contributed by atoms with Crippen LogP contribution in [0.3, 0.4) is 0 Å². The standard InChI is InChI=1S/C20H21NO4/c1-13-5-2-3-6-14(13)12-25-16-8-4-7-15(11-16)21-19(22)17-9-10-18(17)20(23)24/h2-8,11,17-18H,9-10,12H2,1H3,(H,21,22)(H,23,24). The van der Waals surface area contributed by atoms with Crippen molar-refractivity contribution in [2.75, 3.05) is 5.32 Å². The summed E-state index contributed by atoms with van der Waals surface area (Å²) in [5.41, 5.74) is 2.88. The molecule has 0 radical (unpaired) electrons. The van der Waals surface area contributed by atoms with Gasteiger partial charge in [-0.05, 0) is 43.0 Å². The van der Waals surface area contributed by atoms with Crippen molar-refractivity contribution >= 4 is 17.6 Å². The second kappa shape index (κ2) is 7.38. The number of benzene rings is 2. The first-order valence-electron chi connectivity index (χ1n) is 8.35. The Morgan fingerprint density at radius 2 is 1.88 bits per heavy atom. The molecule has 2 N–H and O–H groups in total. The van der Waals surface area contributed by atoms with E-state index in [2.05, 4.69) is 5.32 Å². The van der Waals surface area contributed by atoms with Crippen molar-refractivity contribution in [2.24, 2.45) is 11.8 Å². The van der Waals surface area contributed by atoms with Crippen molar-refractivity contribution in [1.82, 2.24) is 0 Å². The number of ether oxygens (including phenoxy) is 1. The van der Waals surface area contributed by atoms with Crippen LogP contribution < -0.4 is 10.1 Å². The maximum atomic E-state index is 12.2. The zero-order chi connectivity index (χ0) is 17.8. The Bertz CT molecular complexity index is 787. The summed E-state index contributed by atoms with van der Waals surface area (Å²) in [6.07, 6.45) is 1.18. The smallest absolute Gasteiger partial charge is 0.307 e. The molecule has 0 aromatic heterocycles. The van der Waals surface area contributed by atoms with Gasteiger partial charge in [0.1, 0.15) is 12.4 Å². The summed E-state index contributed by atoms with van der Waals surface area (Å²) in [5, 5.41) is 11.9. The van der Waals surface area contributed by atoms with E-state index in [1.165, 1.54) is 0 Å². The second-order valence-corrected chi connectivity index (χ2v) is 6.36. The maximum Gasteiger partial charge on any atom is 0.307 e. The zero-order valence-electron chi connectivity index (χ0n) is 14.1. The number of hydrogen-bond acceptors (Lipinski definition) is 3. The third-order valence-corrected chi connectivity index (χ3v) is 4.69. The quantitative estimate of drug-likeness (QED) is 0.843. The number of carboxylic acid groups (broad SMARTS) is 1. The van der Waals surface area contributed by atoms with E-state index in [1.807, 2.05) is 37.3 Å². The molecule has 1 aliphatic rings. The highest BCUT2D eigenvalue weighted by Crippen LogP contribution is 2.35. The highest BCUT2D eigenvalue weighted by Gasteiger charge is 2.41. The molecule has 25 heavy (non-hydrogen) atoms. The number of anilines is 1. The molecule has 2 unspecified atom stereocenters. The lowest BCUT2D eigenvalue weighted by Crippen LogP contribution is -2.41.